The van der Waals surface area contributed by atoms with Crippen LogP contribution in [0.25, 0.3) is 11.1 Å². The highest BCUT2D eigenvalue weighted by molar-refractivity contribution is 6.39. The molecule has 47 heavy (non-hydrogen) atoms. The number of ether oxygens (including phenoxy) is 1. The van der Waals surface area contributed by atoms with Gasteiger partial charge in [-0.3, -0.25) is 14.4 Å². The van der Waals surface area contributed by atoms with Crippen molar-refractivity contribution in [2.75, 3.05) is 12.0 Å². The standard InChI is InChI=1S/C41H29NO5/c1-47-38(45)28-19-14-24-31(25-28)42-36(43)34-35(37(42)44)41(30-22-12-5-13-23-30)33(27-17-8-3-9-18-27)32(26-15-6-2-7-16-26)40(34,39(41)46)29-20-10-4-11-21-29/h2-25,34-35H,1H3/t34-,35+,40-,41-/m0/s1. The molecule has 3 aliphatic rings. The summed E-state index contributed by atoms with van der Waals surface area (Å²) in [7, 11) is 1.28. The lowest BCUT2D eigenvalue weighted by Gasteiger charge is -2.39. The van der Waals surface area contributed by atoms with Crippen molar-refractivity contribution in [2.24, 2.45) is 11.8 Å². The van der Waals surface area contributed by atoms with E-state index in [0.717, 1.165) is 22.3 Å². The first-order valence-electron chi connectivity index (χ1n) is 15.6. The summed E-state index contributed by atoms with van der Waals surface area (Å²) < 4.78 is 4.94. The summed E-state index contributed by atoms with van der Waals surface area (Å²) in [5.74, 6) is -3.80. The number of rotatable bonds is 6. The van der Waals surface area contributed by atoms with Gasteiger partial charge in [0.05, 0.1) is 41.0 Å². The van der Waals surface area contributed by atoms with Gasteiger partial charge in [0.15, 0.2) is 5.78 Å². The molecule has 5 aromatic rings. The fraction of sp³-hybridized carbons (Fsp3) is 0.122. The normalized spacial score (nSPS) is 24.5. The van der Waals surface area contributed by atoms with Crippen LogP contribution in [0, 0.1) is 11.8 Å². The van der Waals surface area contributed by atoms with Crippen LogP contribution in [0.1, 0.15) is 32.6 Å². The molecule has 5 aromatic carbocycles. The number of anilines is 1. The average Bonchev–Trinajstić information content (AvgIpc) is 3.64. The second kappa shape index (κ2) is 10.6. The molecule has 0 aromatic heterocycles. The smallest absolute Gasteiger partial charge is 0.337 e. The van der Waals surface area contributed by atoms with E-state index in [9.17, 15) is 4.79 Å². The fourth-order valence-electron chi connectivity index (χ4n) is 8.48. The van der Waals surface area contributed by atoms with E-state index < -0.39 is 40.4 Å². The number of carbonyl (C=O) groups is 4. The zero-order valence-corrected chi connectivity index (χ0v) is 25.5. The Labute approximate surface area is 271 Å². The minimum absolute atomic E-state index is 0.181. The van der Waals surface area contributed by atoms with Crippen LogP contribution in [0.5, 0.6) is 0 Å². The molecule has 1 aliphatic heterocycles. The molecule has 8 rings (SSSR count). The van der Waals surface area contributed by atoms with Gasteiger partial charge in [0.2, 0.25) is 11.8 Å². The highest BCUT2D eigenvalue weighted by Crippen LogP contribution is 2.74. The summed E-state index contributed by atoms with van der Waals surface area (Å²) in [5.41, 5.74) is 1.91. The van der Waals surface area contributed by atoms with Crippen molar-refractivity contribution >= 4 is 40.4 Å². The van der Waals surface area contributed by atoms with Crippen molar-refractivity contribution in [3.63, 3.8) is 0 Å². The van der Waals surface area contributed by atoms with Gasteiger partial charge in [-0.15, -0.1) is 0 Å². The molecule has 6 nitrogen and oxygen atoms in total. The lowest BCUT2D eigenvalue weighted by atomic mass is 9.59. The summed E-state index contributed by atoms with van der Waals surface area (Å²) in [6, 6.07) is 44.6. The Kier molecular flexibility index (Phi) is 6.44. The monoisotopic (exact) mass is 615 g/mol. The Morgan fingerprint density at radius 2 is 1.00 bits per heavy atom. The Balaban J connectivity index is 1.51. The van der Waals surface area contributed by atoms with E-state index in [0.29, 0.717) is 11.1 Å². The quantitative estimate of drug-likeness (QED) is 0.158. The Hall–Kier alpha value is -5.88. The number of nitrogens with zero attached hydrogens (tertiary/aromatic N) is 1. The SMILES string of the molecule is COC(=O)c1cccc(N2C(=O)[C@@H]3[C@H](C2=O)[C@@]2(c4ccccc4)C(=O)[C@@]3(c3ccccc3)C(c3ccccc3)=C2c2ccccc2)c1. The van der Waals surface area contributed by atoms with Gasteiger partial charge in [0.1, 0.15) is 0 Å². The Morgan fingerprint density at radius 1 is 0.574 bits per heavy atom. The van der Waals surface area contributed by atoms with Crippen molar-refractivity contribution in [3.05, 3.63) is 173 Å². The number of esters is 1. The van der Waals surface area contributed by atoms with E-state index in [2.05, 4.69) is 0 Å². The first kappa shape index (κ1) is 28.6. The van der Waals surface area contributed by atoms with Gasteiger partial charge in [-0.05, 0) is 51.6 Å². The van der Waals surface area contributed by atoms with E-state index in [4.69, 9.17) is 4.74 Å². The van der Waals surface area contributed by atoms with E-state index in [1.165, 1.54) is 18.1 Å². The van der Waals surface area contributed by atoms with Crippen molar-refractivity contribution in [2.45, 2.75) is 10.8 Å². The molecule has 0 radical (unpaired) electrons. The Morgan fingerprint density at radius 3 is 1.43 bits per heavy atom. The molecular weight excluding hydrogens is 586 g/mol. The number of amides is 2. The van der Waals surface area contributed by atoms with Crippen LogP contribution < -0.4 is 4.90 Å². The number of Topliss-reactive ketones (excluding diaryl/α,β-unsaturated/α-hetero) is 1. The number of ketones is 1. The zero-order chi connectivity index (χ0) is 32.3. The molecular formula is C41H29NO5. The summed E-state index contributed by atoms with van der Waals surface area (Å²) in [4.78, 5) is 59.7. The summed E-state index contributed by atoms with van der Waals surface area (Å²) in [6.07, 6.45) is 0. The summed E-state index contributed by atoms with van der Waals surface area (Å²) in [5, 5.41) is 0. The number of imide groups is 1. The van der Waals surface area contributed by atoms with Gasteiger partial charge in [-0.1, -0.05) is 127 Å². The topological polar surface area (TPSA) is 80.8 Å². The van der Waals surface area contributed by atoms with Crippen LogP contribution in [0.15, 0.2) is 146 Å². The predicted octanol–water partition coefficient (Wildman–Crippen LogP) is 6.66. The third-order valence-corrected chi connectivity index (χ3v) is 10.1. The molecule has 1 heterocycles. The lowest BCUT2D eigenvalue weighted by Crippen LogP contribution is -2.45. The molecule has 1 saturated heterocycles. The molecule has 228 valence electrons. The third-order valence-electron chi connectivity index (χ3n) is 10.1. The lowest BCUT2D eigenvalue weighted by molar-refractivity contribution is -0.130. The average molecular weight is 616 g/mol. The third kappa shape index (κ3) is 3.67. The maximum Gasteiger partial charge on any atom is 0.337 e. The number of hydrogen-bond acceptors (Lipinski definition) is 5. The number of carbonyl (C=O) groups excluding carboxylic acids is 4. The molecule has 2 amide bonds. The van der Waals surface area contributed by atoms with E-state index >= 15 is 14.4 Å². The van der Waals surface area contributed by atoms with E-state index in [1.54, 1.807) is 18.2 Å². The zero-order valence-electron chi connectivity index (χ0n) is 25.5. The fourth-order valence-corrected chi connectivity index (χ4v) is 8.48. The maximum absolute atomic E-state index is 15.9. The minimum Gasteiger partial charge on any atom is -0.465 e. The molecule has 2 aliphatic carbocycles. The van der Waals surface area contributed by atoms with Crippen LogP contribution in [-0.4, -0.2) is 30.7 Å². The van der Waals surface area contributed by atoms with Crippen LogP contribution in [0.3, 0.4) is 0 Å². The first-order chi connectivity index (χ1) is 23.0. The number of hydrogen-bond donors (Lipinski definition) is 0. The number of benzene rings is 5. The molecule has 2 bridgehead atoms. The van der Waals surface area contributed by atoms with E-state index in [-0.39, 0.29) is 17.0 Å². The largest absolute Gasteiger partial charge is 0.465 e. The molecule has 0 unspecified atom stereocenters. The second-order valence-electron chi connectivity index (χ2n) is 12.2. The number of allylic oxidation sites excluding steroid dienone is 2. The molecule has 6 heteroatoms. The van der Waals surface area contributed by atoms with Crippen LogP contribution in [0.2, 0.25) is 0 Å². The van der Waals surface area contributed by atoms with Gasteiger partial charge in [0.25, 0.3) is 0 Å². The molecule has 0 N–H and O–H groups in total. The maximum atomic E-state index is 15.9. The highest BCUT2D eigenvalue weighted by atomic mass is 16.5. The van der Waals surface area contributed by atoms with Gasteiger partial charge in [-0.2, -0.15) is 0 Å². The highest BCUT2D eigenvalue weighted by Gasteiger charge is 2.82. The summed E-state index contributed by atoms with van der Waals surface area (Å²) >= 11 is 0. The van der Waals surface area contributed by atoms with Crippen LogP contribution >= 0.6 is 0 Å². The molecule has 4 atom stereocenters. The van der Waals surface area contributed by atoms with Gasteiger partial charge in [0, 0.05) is 0 Å². The molecule has 0 spiro atoms. The first-order valence-corrected chi connectivity index (χ1v) is 15.6. The van der Waals surface area contributed by atoms with Crippen molar-refractivity contribution in [3.8, 4) is 0 Å². The Bertz CT molecular complexity index is 1990. The van der Waals surface area contributed by atoms with Crippen molar-refractivity contribution in [1.29, 1.82) is 0 Å². The number of fused-ring (bicyclic) bond motifs is 5. The van der Waals surface area contributed by atoms with Crippen LogP contribution in [0.4, 0.5) is 5.69 Å². The minimum atomic E-state index is -1.49. The van der Waals surface area contributed by atoms with Crippen molar-refractivity contribution in [1.82, 2.24) is 0 Å². The van der Waals surface area contributed by atoms with Gasteiger partial charge in [-0.25, -0.2) is 9.69 Å². The predicted molar refractivity (Wildman–Crippen MR) is 178 cm³/mol. The van der Waals surface area contributed by atoms with E-state index in [1.807, 2.05) is 121 Å². The summed E-state index contributed by atoms with van der Waals surface area (Å²) in [6.45, 7) is 0. The van der Waals surface area contributed by atoms with Gasteiger partial charge >= 0.3 is 5.97 Å². The molecule has 1 saturated carbocycles. The number of methoxy groups -OCH3 is 1. The second-order valence-corrected chi connectivity index (χ2v) is 12.2. The molecule has 2 fully saturated rings. The van der Waals surface area contributed by atoms with Crippen LogP contribution in [-0.2, 0) is 30.0 Å². The van der Waals surface area contributed by atoms with Crippen molar-refractivity contribution < 1.29 is 23.9 Å². The van der Waals surface area contributed by atoms with Gasteiger partial charge < -0.3 is 4.74 Å².